The van der Waals surface area contributed by atoms with E-state index in [0.29, 0.717) is 10.6 Å². The molecule has 1 heterocycles. The molecule has 2 aromatic carbocycles. The lowest BCUT2D eigenvalue weighted by molar-refractivity contribution is -0.141. The summed E-state index contributed by atoms with van der Waals surface area (Å²) in [6, 6.07) is 9.59. The summed E-state index contributed by atoms with van der Waals surface area (Å²) in [6.45, 7) is 9.78. The summed E-state index contributed by atoms with van der Waals surface area (Å²) < 4.78 is 50.6. The molecule has 0 saturated carbocycles. The molecule has 0 spiro atoms. The molecule has 6 heteroatoms. The highest BCUT2D eigenvalue weighted by atomic mass is 32.1. The van der Waals surface area contributed by atoms with Crippen molar-refractivity contribution in [3.05, 3.63) is 69.4 Å². The first kappa shape index (κ1) is 22.3. The molecule has 0 N–H and O–H groups in total. The number of hydrogen-bond acceptors (Lipinski definition) is 3. The van der Waals surface area contributed by atoms with Crippen LogP contribution < -0.4 is 4.74 Å². The smallest absolute Gasteiger partial charge is 0.434 e. The fourth-order valence-corrected chi connectivity index (χ4v) is 4.63. The fourth-order valence-electron chi connectivity index (χ4n) is 3.64. The van der Waals surface area contributed by atoms with Gasteiger partial charge in [-0.1, -0.05) is 43.2 Å². The van der Waals surface area contributed by atoms with Crippen molar-refractivity contribution in [2.45, 2.75) is 60.2 Å². The van der Waals surface area contributed by atoms with Gasteiger partial charge in [-0.3, -0.25) is 0 Å². The number of rotatable bonds is 6. The van der Waals surface area contributed by atoms with Crippen molar-refractivity contribution in [1.29, 1.82) is 0 Å². The van der Waals surface area contributed by atoms with Crippen molar-refractivity contribution in [2.24, 2.45) is 0 Å². The van der Waals surface area contributed by atoms with Crippen LogP contribution in [-0.2, 0) is 19.2 Å². The number of halogens is 3. The topological polar surface area (TPSA) is 22.1 Å². The summed E-state index contributed by atoms with van der Waals surface area (Å²) in [5.41, 5.74) is 5.31. The lowest BCUT2D eigenvalue weighted by Crippen LogP contribution is -2.11. The lowest BCUT2D eigenvalue weighted by atomic mass is 9.99. The molecule has 0 atom stereocenters. The van der Waals surface area contributed by atoms with Crippen LogP contribution >= 0.6 is 11.5 Å². The Balaban J connectivity index is 1.99. The molecule has 0 aliphatic rings. The minimum absolute atomic E-state index is 0.0918. The van der Waals surface area contributed by atoms with Crippen molar-refractivity contribution < 1.29 is 17.9 Å². The number of nitrogens with zero attached hydrogens (tertiary/aromatic N) is 1. The SMILES string of the molecule is CCCc1ccc(OCc2c(C(F)(F)F)nsc2-c2ccc(C)cc2C)c(C)c1C. The minimum atomic E-state index is -4.53. The van der Waals surface area contributed by atoms with Crippen molar-refractivity contribution in [2.75, 3.05) is 0 Å². The van der Waals surface area contributed by atoms with Crippen LogP contribution in [0.5, 0.6) is 5.75 Å². The number of alkyl halides is 3. The zero-order chi connectivity index (χ0) is 22.1. The summed E-state index contributed by atoms with van der Waals surface area (Å²) in [5.74, 6) is 0.609. The molecule has 0 aliphatic heterocycles. The first-order valence-electron chi connectivity index (χ1n) is 9.98. The second-order valence-electron chi connectivity index (χ2n) is 7.67. The maximum atomic E-state index is 13.6. The highest BCUT2D eigenvalue weighted by molar-refractivity contribution is 7.09. The first-order chi connectivity index (χ1) is 14.1. The van der Waals surface area contributed by atoms with E-state index in [0.717, 1.165) is 52.2 Å². The van der Waals surface area contributed by atoms with Gasteiger partial charge in [0.25, 0.3) is 0 Å². The number of hydrogen-bond donors (Lipinski definition) is 0. The van der Waals surface area contributed by atoms with Gasteiger partial charge in [0, 0.05) is 5.56 Å². The highest BCUT2D eigenvalue weighted by Crippen LogP contribution is 2.41. The van der Waals surface area contributed by atoms with E-state index < -0.39 is 11.9 Å². The molecule has 30 heavy (non-hydrogen) atoms. The van der Waals surface area contributed by atoms with E-state index in [4.69, 9.17) is 4.74 Å². The third-order valence-corrected chi connectivity index (χ3v) is 6.35. The molecule has 0 amide bonds. The average Bonchev–Trinajstić information content (AvgIpc) is 3.09. The predicted molar refractivity (Wildman–Crippen MR) is 116 cm³/mol. The van der Waals surface area contributed by atoms with E-state index in [1.165, 1.54) is 5.56 Å². The predicted octanol–water partition coefficient (Wildman–Crippen LogP) is 7.59. The Morgan fingerprint density at radius 2 is 1.73 bits per heavy atom. The van der Waals surface area contributed by atoms with Gasteiger partial charge in [-0.05, 0) is 79.5 Å². The molecule has 1 aromatic heterocycles. The normalized spacial score (nSPS) is 11.7. The van der Waals surface area contributed by atoms with Gasteiger partial charge in [0.2, 0.25) is 0 Å². The van der Waals surface area contributed by atoms with E-state index in [-0.39, 0.29) is 12.2 Å². The van der Waals surface area contributed by atoms with Crippen LogP contribution in [0.15, 0.2) is 30.3 Å². The van der Waals surface area contributed by atoms with Crippen molar-refractivity contribution in [1.82, 2.24) is 4.37 Å². The van der Waals surface area contributed by atoms with Crippen LogP contribution in [0, 0.1) is 27.7 Å². The fraction of sp³-hybridized carbons (Fsp3) is 0.375. The lowest BCUT2D eigenvalue weighted by Gasteiger charge is -2.16. The van der Waals surface area contributed by atoms with Crippen LogP contribution in [-0.4, -0.2) is 4.37 Å². The van der Waals surface area contributed by atoms with Crippen LogP contribution in [0.2, 0.25) is 0 Å². The van der Waals surface area contributed by atoms with Crippen LogP contribution in [0.1, 0.15) is 52.4 Å². The molecule has 0 saturated heterocycles. The number of benzene rings is 2. The molecule has 2 nitrogen and oxygen atoms in total. The van der Waals surface area contributed by atoms with Gasteiger partial charge in [-0.15, -0.1) is 0 Å². The molecule has 0 unspecified atom stereocenters. The van der Waals surface area contributed by atoms with Gasteiger partial charge >= 0.3 is 6.18 Å². The monoisotopic (exact) mass is 433 g/mol. The van der Waals surface area contributed by atoms with E-state index >= 15 is 0 Å². The third kappa shape index (κ3) is 4.53. The van der Waals surface area contributed by atoms with Crippen molar-refractivity contribution in [3.8, 4) is 16.2 Å². The van der Waals surface area contributed by atoms with E-state index in [1.807, 2.05) is 58.0 Å². The van der Waals surface area contributed by atoms with E-state index in [9.17, 15) is 13.2 Å². The molecule has 0 fully saturated rings. The largest absolute Gasteiger partial charge is 0.488 e. The summed E-state index contributed by atoms with van der Waals surface area (Å²) in [4.78, 5) is 0.511. The number of aromatic nitrogens is 1. The molecule has 0 bridgehead atoms. The van der Waals surface area contributed by atoms with Gasteiger partial charge in [0.1, 0.15) is 12.4 Å². The molecule has 3 rings (SSSR count). The Labute approximate surface area is 179 Å². The summed E-state index contributed by atoms with van der Waals surface area (Å²) in [7, 11) is 0. The number of ether oxygens (including phenoxy) is 1. The van der Waals surface area contributed by atoms with Gasteiger partial charge in [-0.25, -0.2) is 0 Å². The minimum Gasteiger partial charge on any atom is -0.488 e. The molecular weight excluding hydrogens is 407 g/mol. The molecule has 160 valence electrons. The molecule has 3 aromatic rings. The Morgan fingerprint density at radius 1 is 1.00 bits per heavy atom. The third-order valence-electron chi connectivity index (χ3n) is 5.42. The first-order valence-corrected chi connectivity index (χ1v) is 10.8. The zero-order valence-electron chi connectivity index (χ0n) is 17.9. The summed E-state index contributed by atoms with van der Waals surface area (Å²) >= 11 is 0.878. The maximum absolute atomic E-state index is 13.6. The summed E-state index contributed by atoms with van der Waals surface area (Å²) in [5, 5.41) is 0. The van der Waals surface area contributed by atoms with Gasteiger partial charge < -0.3 is 4.74 Å². The van der Waals surface area contributed by atoms with Crippen LogP contribution in [0.25, 0.3) is 10.4 Å². The van der Waals surface area contributed by atoms with Gasteiger partial charge in [0.05, 0.1) is 4.88 Å². The Morgan fingerprint density at radius 3 is 2.37 bits per heavy atom. The molecular formula is C24H26F3NOS. The Bertz CT molecular complexity index is 1050. The van der Waals surface area contributed by atoms with Gasteiger partial charge in [-0.2, -0.15) is 17.5 Å². The molecule has 0 radical (unpaired) electrons. The van der Waals surface area contributed by atoms with Crippen molar-refractivity contribution >= 4 is 11.5 Å². The Hall–Kier alpha value is -2.34. The number of aryl methyl sites for hydroxylation is 3. The van der Waals surface area contributed by atoms with Crippen LogP contribution in [0.4, 0.5) is 13.2 Å². The zero-order valence-corrected chi connectivity index (χ0v) is 18.7. The molecule has 0 aliphatic carbocycles. The highest BCUT2D eigenvalue weighted by Gasteiger charge is 2.38. The standard InChI is InChI=1S/C24H26F3NOS/c1-6-7-18-9-11-21(17(5)16(18)4)29-13-20-22(30-28-23(20)24(25,26)27)19-10-8-14(2)12-15(19)3/h8-12H,6-7,13H2,1-5H3. The Kier molecular flexibility index (Phi) is 6.56. The summed E-state index contributed by atoms with van der Waals surface area (Å²) in [6.07, 6.45) is -2.52. The second-order valence-corrected chi connectivity index (χ2v) is 8.44. The maximum Gasteiger partial charge on any atom is 0.434 e. The van der Waals surface area contributed by atoms with Crippen LogP contribution in [0.3, 0.4) is 0 Å². The average molecular weight is 434 g/mol. The van der Waals surface area contributed by atoms with Crippen molar-refractivity contribution in [3.63, 3.8) is 0 Å². The quantitative estimate of drug-likeness (QED) is 0.399. The van der Waals surface area contributed by atoms with Gasteiger partial charge in [0.15, 0.2) is 5.69 Å². The van der Waals surface area contributed by atoms with E-state index in [2.05, 4.69) is 11.3 Å². The second kappa shape index (κ2) is 8.80. The van der Waals surface area contributed by atoms with E-state index in [1.54, 1.807) is 0 Å².